The van der Waals surface area contributed by atoms with E-state index in [4.69, 9.17) is 10.00 Å². The van der Waals surface area contributed by atoms with Crippen LogP contribution in [0.2, 0.25) is 0 Å². The summed E-state index contributed by atoms with van der Waals surface area (Å²) in [5, 5.41) is 8.22. The molecule has 0 fully saturated rings. The lowest BCUT2D eigenvalue weighted by atomic mass is 10.3. The minimum atomic E-state index is -0.982. The molecule has 0 unspecified atom stereocenters. The van der Waals surface area contributed by atoms with Crippen molar-refractivity contribution in [3.05, 3.63) is 29.8 Å². The number of nitriles is 1. The molecule has 0 bridgehead atoms. The number of hydrogen-bond donors (Lipinski definition) is 0. The first kappa shape index (κ1) is 10.5. The van der Waals surface area contributed by atoms with E-state index in [9.17, 15) is 8.78 Å². The minimum absolute atomic E-state index is 0.108. The minimum Gasteiger partial charge on any atom is -0.490 e. The zero-order valence-electron chi connectivity index (χ0n) is 7.46. The van der Waals surface area contributed by atoms with Crippen LogP contribution in [0.5, 0.6) is 5.75 Å². The van der Waals surface area contributed by atoms with E-state index in [1.165, 1.54) is 12.1 Å². The van der Waals surface area contributed by atoms with Crippen molar-refractivity contribution < 1.29 is 13.5 Å². The molecule has 0 radical (unpaired) electrons. The summed E-state index contributed by atoms with van der Waals surface area (Å²) in [6.07, 6.45) is 0.851. The van der Waals surface area contributed by atoms with Crippen molar-refractivity contribution in [2.24, 2.45) is 0 Å². The Morgan fingerprint density at radius 3 is 2.86 bits per heavy atom. The van der Waals surface area contributed by atoms with Crippen molar-refractivity contribution in [2.75, 3.05) is 6.61 Å². The summed E-state index contributed by atoms with van der Waals surface area (Å²) in [5.41, 5.74) is 0. The van der Waals surface area contributed by atoms with Gasteiger partial charge < -0.3 is 4.74 Å². The zero-order chi connectivity index (χ0) is 10.4. The Kier molecular flexibility index (Phi) is 3.86. The summed E-state index contributed by atoms with van der Waals surface area (Å²) in [4.78, 5) is 0. The Morgan fingerprint density at radius 1 is 1.36 bits per heavy atom. The number of unbranched alkanes of at least 4 members (excludes halogenated alkanes) is 1. The largest absolute Gasteiger partial charge is 0.490 e. The van der Waals surface area contributed by atoms with Gasteiger partial charge in [-0.05, 0) is 18.6 Å². The number of rotatable bonds is 4. The van der Waals surface area contributed by atoms with Gasteiger partial charge in [-0.3, -0.25) is 0 Å². The molecule has 1 aromatic rings. The summed E-state index contributed by atoms with van der Waals surface area (Å²) in [7, 11) is 0. The van der Waals surface area contributed by atoms with Gasteiger partial charge in [0, 0.05) is 6.42 Å². The van der Waals surface area contributed by atoms with Crippen LogP contribution in [0.4, 0.5) is 8.78 Å². The van der Waals surface area contributed by atoms with E-state index >= 15 is 0 Å². The normalized spacial score (nSPS) is 9.50. The molecular formula is C10H9F2NO. The van der Waals surface area contributed by atoms with E-state index < -0.39 is 11.6 Å². The van der Waals surface area contributed by atoms with E-state index in [2.05, 4.69) is 0 Å². The summed E-state index contributed by atoms with van der Waals surface area (Å²) >= 11 is 0. The van der Waals surface area contributed by atoms with E-state index in [-0.39, 0.29) is 12.4 Å². The molecule has 0 saturated carbocycles. The quantitative estimate of drug-likeness (QED) is 0.695. The smallest absolute Gasteiger partial charge is 0.200 e. The average molecular weight is 197 g/mol. The fraction of sp³-hybridized carbons (Fsp3) is 0.300. The maximum Gasteiger partial charge on any atom is 0.200 e. The number of hydrogen-bond acceptors (Lipinski definition) is 2. The van der Waals surface area contributed by atoms with Crippen molar-refractivity contribution in [3.63, 3.8) is 0 Å². The second kappa shape index (κ2) is 5.18. The Hall–Kier alpha value is -1.63. The van der Waals surface area contributed by atoms with E-state index in [0.717, 1.165) is 6.07 Å². The number of halogens is 2. The van der Waals surface area contributed by atoms with Gasteiger partial charge in [-0.15, -0.1) is 0 Å². The molecule has 14 heavy (non-hydrogen) atoms. The average Bonchev–Trinajstić information content (AvgIpc) is 2.19. The van der Waals surface area contributed by atoms with Crippen LogP contribution in [0.15, 0.2) is 18.2 Å². The molecule has 1 aromatic carbocycles. The molecule has 0 N–H and O–H groups in total. The van der Waals surface area contributed by atoms with Crippen molar-refractivity contribution in [1.82, 2.24) is 0 Å². The highest BCUT2D eigenvalue weighted by atomic mass is 19.2. The lowest BCUT2D eigenvalue weighted by molar-refractivity contribution is 0.291. The summed E-state index contributed by atoms with van der Waals surface area (Å²) in [6.45, 7) is 0.216. The van der Waals surface area contributed by atoms with Gasteiger partial charge in [-0.25, -0.2) is 4.39 Å². The van der Waals surface area contributed by atoms with Crippen LogP contribution in [0.25, 0.3) is 0 Å². The molecule has 1 rings (SSSR count). The van der Waals surface area contributed by atoms with Gasteiger partial charge in [0.25, 0.3) is 0 Å². The van der Waals surface area contributed by atoms with Gasteiger partial charge in [0.1, 0.15) is 0 Å². The van der Waals surface area contributed by atoms with Crippen molar-refractivity contribution >= 4 is 0 Å². The molecule has 0 amide bonds. The van der Waals surface area contributed by atoms with E-state index in [1.54, 1.807) is 0 Å². The first-order chi connectivity index (χ1) is 6.75. The first-order valence-corrected chi connectivity index (χ1v) is 4.19. The maximum absolute atomic E-state index is 12.9. The van der Waals surface area contributed by atoms with Gasteiger partial charge in [-0.1, -0.05) is 6.07 Å². The van der Waals surface area contributed by atoms with Crippen LogP contribution >= 0.6 is 0 Å². The molecular weight excluding hydrogens is 188 g/mol. The molecule has 0 saturated heterocycles. The van der Waals surface area contributed by atoms with Gasteiger partial charge in [0.05, 0.1) is 12.7 Å². The van der Waals surface area contributed by atoms with Crippen LogP contribution in [0, 0.1) is 23.0 Å². The molecule has 4 heteroatoms. The van der Waals surface area contributed by atoms with Crippen molar-refractivity contribution in [3.8, 4) is 11.8 Å². The molecule has 0 aliphatic heterocycles. The van der Waals surface area contributed by atoms with Crippen molar-refractivity contribution in [2.45, 2.75) is 12.8 Å². The molecule has 0 aromatic heterocycles. The van der Waals surface area contributed by atoms with Crippen LogP contribution in [-0.4, -0.2) is 6.61 Å². The lowest BCUT2D eigenvalue weighted by Gasteiger charge is -2.05. The highest BCUT2D eigenvalue weighted by Gasteiger charge is 2.07. The number of nitrogens with zero attached hydrogens (tertiary/aromatic N) is 1. The fourth-order valence-electron chi connectivity index (χ4n) is 0.929. The molecule has 0 spiro atoms. The van der Waals surface area contributed by atoms with E-state index in [1.807, 2.05) is 6.07 Å². The van der Waals surface area contributed by atoms with Gasteiger partial charge in [-0.2, -0.15) is 9.65 Å². The monoisotopic (exact) mass is 197 g/mol. The lowest BCUT2D eigenvalue weighted by Crippen LogP contribution is -1.99. The van der Waals surface area contributed by atoms with Crippen LogP contribution < -0.4 is 4.74 Å². The standard InChI is InChI=1S/C10H9F2NO/c11-8-4-3-5-9(10(8)12)14-7-2-1-6-13/h3-5H,1-2,7H2. The Balaban J connectivity index is 2.51. The SMILES string of the molecule is N#CCCCOc1cccc(F)c1F. The third-order valence-corrected chi connectivity index (χ3v) is 1.61. The first-order valence-electron chi connectivity index (χ1n) is 4.19. The summed E-state index contributed by atoms with van der Waals surface area (Å²) < 4.78 is 30.5. The Bertz CT molecular complexity index is 346. The highest BCUT2D eigenvalue weighted by Crippen LogP contribution is 2.19. The van der Waals surface area contributed by atoms with E-state index in [0.29, 0.717) is 12.8 Å². The topological polar surface area (TPSA) is 33.0 Å². The van der Waals surface area contributed by atoms with Gasteiger partial charge in [0.15, 0.2) is 11.6 Å². The molecule has 74 valence electrons. The predicted molar refractivity (Wildman–Crippen MR) is 46.7 cm³/mol. The van der Waals surface area contributed by atoms with Gasteiger partial charge in [0.2, 0.25) is 5.82 Å². The summed E-state index contributed by atoms with van der Waals surface area (Å²) in [6, 6.07) is 5.68. The Morgan fingerprint density at radius 2 is 2.14 bits per heavy atom. The fourth-order valence-corrected chi connectivity index (χ4v) is 0.929. The molecule has 0 aliphatic carbocycles. The third-order valence-electron chi connectivity index (χ3n) is 1.61. The number of benzene rings is 1. The van der Waals surface area contributed by atoms with Crippen LogP contribution in [0.1, 0.15) is 12.8 Å². The maximum atomic E-state index is 12.9. The van der Waals surface area contributed by atoms with Crippen LogP contribution in [-0.2, 0) is 0 Å². The zero-order valence-corrected chi connectivity index (χ0v) is 7.46. The Labute approximate surface area is 80.7 Å². The third kappa shape index (κ3) is 2.70. The molecule has 0 atom stereocenters. The van der Waals surface area contributed by atoms with Crippen molar-refractivity contribution in [1.29, 1.82) is 5.26 Å². The van der Waals surface area contributed by atoms with Crippen LogP contribution in [0.3, 0.4) is 0 Å². The molecule has 0 heterocycles. The summed E-state index contributed by atoms with van der Waals surface area (Å²) in [5.74, 6) is -2.02. The second-order valence-corrected chi connectivity index (χ2v) is 2.66. The molecule has 0 aliphatic rings. The number of ether oxygens (including phenoxy) is 1. The second-order valence-electron chi connectivity index (χ2n) is 2.66. The molecule has 2 nitrogen and oxygen atoms in total. The van der Waals surface area contributed by atoms with Gasteiger partial charge >= 0.3 is 0 Å². The predicted octanol–water partition coefficient (Wildman–Crippen LogP) is 2.65. The highest BCUT2D eigenvalue weighted by molar-refractivity contribution is 5.24.